The molecule has 1 aliphatic rings. The number of hydrazone groups is 1. The average Bonchev–Trinajstić information content (AvgIpc) is 3.09. The first kappa shape index (κ1) is 19.3. The number of hydrogen-bond donors (Lipinski definition) is 2. The first-order valence-corrected chi connectivity index (χ1v) is 8.55. The second-order valence-electron chi connectivity index (χ2n) is 6.35. The Morgan fingerprint density at radius 3 is 2.50 bits per heavy atom. The van der Waals surface area contributed by atoms with Crippen molar-refractivity contribution in [3.63, 3.8) is 0 Å². The van der Waals surface area contributed by atoms with Gasteiger partial charge in [-0.25, -0.2) is 5.43 Å². The number of rotatable bonds is 6. The van der Waals surface area contributed by atoms with E-state index in [2.05, 4.69) is 10.5 Å². The molecule has 0 saturated carbocycles. The first-order valence-electron chi connectivity index (χ1n) is 8.55. The maximum Gasteiger partial charge on any atom is 0.269 e. The van der Waals surface area contributed by atoms with Crippen molar-refractivity contribution in [2.24, 2.45) is 5.10 Å². The molecule has 0 fully saturated rings. The van der Waals surface area contributed by atoms with E-state index in [1.54, 1.807) is 31.2 Å². The fourth-order valence-electron chi connectivity index (χ4n) is 2.85. The highest BCUT2D eigenvalue weighted by molar-refractivity contribution is 6.14. The highest BCUT2D eigenvalue weighted by atomic mass is 16.7. The molecule has 9 nitrogen and oxygen atoms in total. The summed E-state index contributed by atoms with van der Waals surface area (Å²) < 4.78 is 10.9. The number of nitro benzene ring substituents is 1. The molecule has 2 aromatic carbocycles. The van der Waals surface area contributed by atoms with Gasteiger partial charge >= 0.3 is 0 Å². The Morgan fingerprint density at radius 1 is 1.29 bits per heavy atom. The lowest BCUT2D eigenvalue weighted by molar-refractivity contribution is -0.384. The summed E-state index contributed by atoms with van der Waals surface area (Å²) in [6.45, 7) is 3.07. The SMILES string of the molecule is CC(=O)NN=C(c1ccc([N+](=O)[O-])cc1)c1cc2c(cc1C[C@H](C)O)OCO2. The number of nitrogens with one attached hydrogen (secondary N) is 1. The van der Waals surface area contributed by atoms with Crippen LogP contribution in [0.4, 0.5) is 5.69 Å². The zero-order valence-electron chi connectivity index (χ0n) is 15.3. The summed E-state index contributed by atoms with van der Waals surface area (Å²) in [6, 6.07) is 9.31. The summed E-state index contributed by atoms with van der Waals surface area (Å²) in [5.41, 5.74) is 4.66. The van der Waals surface area contributed by atoms with E-state index in [0.717, 1.165) is 5.56 Å². The lowest BCUT2D eigenvalue weighted by atomic mass is 9.94. The van der Waals surface area contributed by atoms with Gasteiger partial charge in [-0.15, -0.1) is 0 Å². The van der Waals surface area contributed by atoms with Crippen LogP contribution in [0.1, 0.15) is 30.5 Å². The van der Waals surface area contributed by atoms with Crippen LogP contribution in [-0.2, 0) is 11.2 Å². The van der Waals surface area contributed by atoms with E-state index in [0.29, 0.717) is 34.8 Å². The van der Waals surface area contributed by atoms with E-state index in [1.165, 1.54) is 19.1 Å². The summed E-state index contributed by atoms with van der Waals surface area (Å²) >= 11 is 0. The second kappa shape index (κ2) is 8.05. The molecule has 3 rings (SSSR count). The molecule has 1 atom stereocenters. The van der Waals surface area contributed by atoms with Crippen LogP contribution in [0, 0.1) is 10.1 Å². The molecule has 9 heteroatoms. The average molecular weight is 385 g/mol. The third-order valence-corrected chi connectivity index (χ3v) is 4.05. The van der Waals surface area contributed by atoms with Crippen LogP contribution in [0.2, 0.25) is 0 Å². The van der Waals surface area contributed by atoms with Crippen LogP contribution in [0.3, 0.4) is 0 Å². The minimum absolute atomic E-state index is 0.0579. The van der Waals surface area contributed by atoms with E-state index in [4.69, 9.17) is 9.47 Å². The van der Waals surface area contributed by atoms with Crippen LogP contribution in [0.25, 0.3) is 0 Å². The molecule has 0 aromatic heterocycles. The Kier molecular flexibility index (Phi) is 5.55. The Bertz CT molecular complexity index is 937. The number of amides is 1. The van der Waals surface area contributed by atoms with Gasteiger partial charge in [0.25, 0.3) is 5.69 Å². The molecule has 1 aliphatic heterocycles. The predicted octanol–water partition coefficient (Wildman–Crippen LogP) is 2.14. The molecular formula is C19H19N3O6. The summed E-state index contributed by atoms with van der Waals surface area (Å²) in [5, 5.41) is 25.0. The number of carbonyl (C=O) groups excluding carboxylic acids is 1. The zero-order valence-corrected chi connectivity index (χ0v) is 15.3. The normalized spacial score (nSPS) is 13.9. The second-order valence-corrected chi connectivity index (χ2v) is 6.35. The number of ether oxygens (including phenoxy) is 2. The van der Waals surface area contributed by atoms with Crippen molar-refractivity contribution in [1.82, 2.24) is 5.43 Å². The quantitative estimate of drug-likeness (QED) is 0.446. The number of nitrogens with zero attached hydrogens (tertiary/aromatic N) is 2. The molecule has 0 spiro atoms. The topological polar surface area (TPSA) is 123 Å². The van der Waals surface area contributed by atoms with Crippen LogP contribution in [0.15, 0.2) is 41.5 Å². The van der Waals surface area contributed by atoms with Crippen molar-refractivity contribution in [2.75, 3.05) is 6.79 Å². The fraction of sp³-hybridized carbons (Fsp3) is 0.263. The van der Waals surface area contributed by atoms with Crippen molar-refractivity contribution in [3.05, 3.63) is 63.2 Å². The molecule has 2 aromatic rings. The molecular weight excluding hydrogens is 366 g/mol. The predicted molar refractivity (Wildman–Crippen MR) is 101 cm³/mol. The van der Waals surface area contributed by atoms with E-state index in [9.17, 15) is 20.0 Å². The van der Waals surface area contributed by atoms with Crippen LogP contribution < -0.4 is 14.9 Å². The molecule has 28 heavy (non-hydrogen) atoms. The number of hydrogen-bond acceptors (Lipinski definition) is 7. The highest BCUT2D eigenvalue weighted by Gasteiger charge is 2.22. The molecule has 1 heterocycles. The number of carbonyl (C=O) groups is 1. The van der Waals surface area contributed by atoms with Gasteiger partial charge in [0.05, 0.1) is 16.7 Å². The maximum atomic E-state index is 11.4. The number of aliphatic hydroxyl groups is 1. The van der Waals surface area contributed by atoms with Crippen LogP contribution in [0.5, 0.6) is 11.5 Å². The molecule has 146 valence electrons. The molecule has 0 radical (unpaired) electrons. The molecule has 0 saturated heterocycles. The minimum atomic E-state index is -0.627. The minimum Gasteiger partial charge on any atom is -0.454 e. The summed E-state index contributed by atoms with van der Waals surface area (Å²) in [4.78, 5) is 21.9. The lowest BCUT2D eigenvalue weighted by Gasteiger charge is -2.15. The molecule has 1 amide bonds. The van der Waals surface area contributed by atoms with E-state index in [-0.39, 0.29) is 18.4 Å². The number of fused-ring (bicyclic) bond motifs is 1. The third kappa shape index (κ3) is 4.26. The molecule has 2 N–H and O–H groups in total. The Labute approximate surface area is 160 Å². The largest absolute Gasteiger partial charge is 0.454 e. The Morgan fingerprint density at radius 2 is 1.93 bits per heavy atom. The molecule has 0 bridgehead atoms. The first-order chi connectivity index (χ1) is 13.3. The van der Waals surface area contributed by atoms with Crippen molar-refractivity contribution in [2.45, 2.75) is 26.4 Å². The van der Waals surface area contributed by atoms with Gasteiger partial charge in [0.1, 0.15) is 0 Å². The van der Waals surface area contributed by atoms with Crippen molar-refractivity contribution in [1.29, 1.82) is 0 Å². The standard InChI is InChI=1S/C19H19N3O6/c1-11(23)7-14-8-17-18(28-10-27-17)9-16(14)19(21-20-12(2)24)13-3-5-15(6-4-13)22(25)26/h3-6,8-9,11,23H,7,10H2,1-2H3,(H,20,24)/t11-/m0/s1. The van der Waals surface area contributed by atoms with Crippen molar-refractivity contribution >= 4 is 17.3 Å². The van der Waals surface area contributed by atoms with Crippen LogP contribution >= 0.6 is 0 Å². The fourth-order valence-corrected chi connectivity index (χ4v) is 2.85. The smallest absolute Gasteiger partial charge is 0.269 e. The maximum absolute atomic E-state index is 11.4. The third-order valence-electron chi connectivity index (χ3n) is 4.05. The Hall–Kier alpha value is -3.46. The van der Waals surface area contributed by atoms with Crippen LogP contribution in [-0.4, -0.2) is 34.5 Å². The van der Waals surface area contributed by atoms with E-state index in [1.807, 2.05) is 0 Å². The zero-order chi connectivity index (χ0) is 20.3. The van der Waals surface area contributed by atoms with Gasteiger partial charge in [-0.3, -0.25) is 14.9 Å². The van der Waals surface area contributed by atoms with E-state index >= 15 is 0 Å². The van der Waals surface area contributed by atoms with Gasteiger partial charge < -0.3 is 14.6 Å². The molecule has 0 aliphatic carbocycles. The summed E-state index contributed by atoms with van der Waals surface area (Å²) in [7, 11) is 0. The van der Waals surface area contributed by atoms with Gasteiger partial charge in [-0.2, -0.15) is 5.10 Å². The highest BCUT2D eigenvalue weighted by Crippen LogP contribution is 2.36. The lowest BCUT2D eigenvalue weighted by Crippen LogP contribution is -2.19. The van der Waals surface area contributed by atoms with Gasteiger partial charge in [0, 0.05) is 30.2 Å². The van der Waals surface area contributed by atoms with Crippen molar-refractivity contribution in [3.8, 4) is 11.5 Å². The number of aliphatic hydroxyl groups excluding tert-OH is 1. The van der Waals surface area contributed by atoms with Crippen molar-refractivity contribution < 1.29 is 24.3 Å². The Balaban J connectivity index is 2.13. The van der Waals surface area contributed by atoms with E-state index < -0.39 is 11.0 Å². The molecule has 0 unspecified atom stereocenters. The van der Waals surface area contributed by atoms with Gasteiger partial charge in [0.2, 0.25) is 12.7 Å². The summed E-state index contributed by atoms with van der Waals surface area (Å²) in [5.74, 6) is 0.709. The van der Waals surface area contributed by atoms with Gasteiger partial charge in [-0.1, -0.05) is 0 Å². The monoisotopic (exact) mass is 385 g/mol. The number of non-ortho nitro benzene ring substituents is 1. The van der Waals surface area contributed by atoms with Gasteiger partial charge in [-0.05, 0) is 43.2 Å². The number of benzene rings is 2. The van der Waals surface area contributed by atoms with Gasteiger partial charge in [0.15, 0.2) is 11.5 Å². The summed E-state index contributed by atoms with van der Waals surface area (Å²) in [6.07, 6.45) is -0.309. The number of nitro groups is 1.